The lowest BCUT2D eigenvalue weighted by atomic mass is 10.1. The van der Waals surface area contributed by atoms with Gasteiger partial charge in [0.2, 0.25) is 0 Å². The van der Waals surface area contributed by atoms with Crippen LogP contribution in [0.5, 0.6) is 0 Å². The fourth-order valence-electron chi connectivity index (χ4n) is 2.77. The van der Waals surface area contributed by atoms with Gasteiger partial charge in [0.1, 0.15) is 0 Å². The molecule has 2 aromatic carbocycles. The van der Waals surface area contributed by atoms with E-state index in [1.165, 1.54) is 0 Å². The third-order valence-electron chi connectivity index (χ3n) is 4.05. The molecular weight excluding hydrogens is 296 g/mol. The Kier molecular flexibility index (Phi) is 4.43. The molecule has 0 aliphatic rings. The van der Waals surface area contributed by atoms with Crippen molar-refractivity contribution in [3.63, 3.8) is 0 Å². The summed E-state index contributed by atoms with van der Waals surface area (Å²) in [6.45, 7) is 5.96. The second-order valence-electron chi connectivity index (χ2n) is 5.90. The van der Waals surface area contributed by atoms with Crippen LogP contribution in [0.3, 0.4) is 0 Å². The number of aromatic nitrogens is 2. The number of benzene rings is 2. The van der Waals surface area contributed by atoms with Crippen molar-refractivity contribution >= 4 is 11.9 Å². The minimum absolute atomic E-state index is 0.00459. The summed E-state index contributed by atoms with van der Waals surface area (Å²) in [6, 6.07) is 17.6. The monoisotopic (exact) mass is 316 g/mol. The van der Waals surface area contributed by atoms with Crippen LogP contribution >= 0.6 is 0 Å². The Hall–Kier alpha value is -2.94. The molecule has 0 aliphatic carbocycles. The molecule has 3 nitrogen and oxygen atoms in total. The minimum Gasteiger partial charge on any atom is -0.289 e. The topological polar surface area (TPSA) is 34.9 Å². The average Bonchev–Trinajstić information content (AvgIpc) is 2.88. The number of aryl methyl sites for hydroxylation is 2. The molecule has 0 atom stereocenters. The summed E-state index contributed by atoms with van der Waals surface area (Å²) < 4.78 is 1.91. The maximum Gasteiger partial charge on any atom is 0.185 e. The standard InChI is InChI=1S/C21H20N2O/c1-15-8-7-9-18(14-15)21(24)13-12-20-16(2)22-23(17(20)3)19-10-5-4-6-11-19/h4-14H,1-3H3/b13-12+. The van der Waals surface area contributed by atoms with Crippen LogP contribution < -0.4 is 0 Å². The summed E-state index contributed by atoms with van der Waals surface area (Å²) in [5.41, 5.74) is 5.72. The number of rotatable bonds is 4. The van der Waals surface area contributed by atoms with E-state index in [1.54, 1.807) is 6.08 Å². The van der Waals surface area contributed by atoms with Crippen molar-refractivity contribution < 1.29 is 4.79 Å². The predicted octanol–water partition coefficient (Wildman–Crippen LogP) is 4.69. The van der Waals surface area contributed by atoms with E-state index in [2.05, 4.69) is 5.10 Å². The molecule has 3 aromatic rings. The molecule has 0 saturated carbocycles. The van der Waals surface area contributed by atoms with E-state index >= 15 is 0 Å². The van der Waals surface area contributed by atoms with Gasteiger partial charge in [0.25, 0.3) is 0 Å². The number of nitrogens with zero attached hydrogens (tertiary/aromatic N) is 2. The maximum absolute atomic E-state index is 12.4. The highest BCUT2D eigenvalue weighted by Gasteiger charge is 2.11. The molecule has 3 rings (SSSR count). The van der Waals surface area contributed by atoms with Gasteiger partial charge in [-0.3, -0.25) is 4.79 Å². The summed E-state index contributed by atoms with van der Waals surface area (Å²) in [4.78, 5) is 12.4. The molecule has 0 spiro atoms. The van der Waals surface area contributed by atoms with Crippen LogP contribution in [0.1, 0.15) is 32.9 Å². The number of allylic oxidation sites excluding steroid dienone is 1. The average molecular weight is 316 g/mol. The second kappa shape index (κ2) is 6.67. The smallest absolute Gasteiger partial charge is 0.185 e. The molecule has 0 N–H and O–H groups in total. The van der Waals surface area contributed by atoms with Gasteiger partial charge in [-0.25, -0.2) is 4.68 Å². The highest BCUT2D eigenvalue weighted by atomic mass is 16.1. The molecule has 0 amide bonds. The van der Waals surface area contributed by atoms with E-state index in [0.29, 0.717) is 5.56 Å². The first-order valence-electron chi connectivity index (χ1n) is 7.97. The van der Waals surface area contributed by atoms with Crippen LogP contribution in [-0.4, -0.2) is 15.6 Å². The maximum atomic E-state index is 12.4. The first-order valence-corrected chi connectivity index (χ1v) is 7.97. The zero-order valence-corrected chi connectivity index (χ0v) is 14.2. The Bertz CT molecular complexity index is 905. The zero-order valence-electron chi connectivity index (χ0n) is 14.2. The van der Waals surface area contributed by atoms with Gasteiger partial charge >= 0.3 is 0 Å². The van der Waals surface area contributed by atoms with Crippen LogP contribution in [0.4, 0.5) is 0 Å². The fraction of sp³-hybridized carbons (Fsp3) is 0.143. The molecule has 24 heavy (non-hydrogen) atoms. The molecule has 0 aliphatic heterocycles. The van der Waals surface area contributed by atoms with Gasteiger partial charge in [-0.1, -0.05) is 42.0 Å². The first-order chi connectivity index (χ1) is 11.6. The Labute approximate surface area is 142 Å². The number of ketones is 1. The molecule has 120 valence electrons. The number of hydrogen-bond acceptors (Lipinski definition) is 2. The number of para-hydroxylation sites is 1. The van der Waals surface area contributed by atoms with Crippen molar-refractivity contribution in [1.29, 1.82) is 0 Å². The van der Waals surface area contributed by atoms with Crippen LogP contribution in [0, 0.1) is 20.8 Å². The number of carbonyl (C=O) groups excluding carboxylic acids is 1. The van der Waals surface area contributed by atoms with E-state index in [9.17, 15) is 4.79 Å². The molecule has 1 aromatic heterocycles. The van der Waals surface area contributed by atoms with Gasteiger partial charge in [-0.05, 0) is 51.1 Å². The number of hydrogen-bond donors (Lipinski definition) is 0. The molecule has 0 unspecified atom stereocenters. The van der Waals surface area contributed by atoms with E-state index in [4.69, 9.17) is 0 Å². The molecular formula is C21H20N2O. The lowest BCUT2D eigenvalue weighted by Crippen LogP contribution is -1.98. The highest BCUT2D eigenvalue weighted by molar-refractivity contribution is 6.07. The van der Waals surface area contributed by atoms with E-state index in [1.807, 2.05) is 86.1 Å². The Balaban J connectivity index is 1.91. The Morgan fingerprint density at radius 3 is 2.46 bits per heavy atom. The summed E-state index contributed by atoms with van der Waals surface area (Å²) in [5, 5.41) is 4.60. The van der Waals surface area contributed by atoms with Gasteiger partial charge in [0.05, 0.1) is 11.4 Å². The Morgan fingerprint density at radius 1 is 1.00 bits per heavy atom. The molecule has 0 radical (unpaired) electrons. The normalized spacial score (nSPS) is 11.1. The van der Waals surface area contributed by atoms with Crippen LogP contribution in [-0.2, 0) is 0 Å². The van der Waals surface area contributed by atoms with Gasteiger partial charge < -0.3 is 0 Å². The SMILES string of the molecule is Cc1cccc(C(=O)/C=C/c2c(C)nn(-c3ccccc3)c2C)c1. The fourth-order valence-corrected chi connectivity index (χ4v) is 2.77. The molecule has 1 heterocycles. The molecule has 3 heteroatoms. The summed E-state index contributed by atoms with van der Waals surface area (Å²) in [5.74, 6) is 0.00459. The summed E-state index contributed by atoms with van der Waals surface area (Å²) >= 11 is 0. The van der Waals surface area contributed by atoms with Gasteiger partial charge in [-0.2, -0.15) is 5.10 Å². The number of carbonyl (C=O) groups is 1. The van der Waals surface area contributed by atoms with Gasteiger partial charge in [0, 0.05) is 16.8 Å². The lowest BCUT2D eigenvalue weighted by molar-refractivity contribution is 0.104. The van der Waals surface area contributed by atoms with Gasteiger partial charge in [-0.15, -0.1) is 0 Å². The Morgan fingerprint density at radius 2 is 1.75 bits per heavy atom. The van der Waals surface area contributed by atoms with E-state index in [0.717, 1.165) is 28.2 Å². The van der Waals surface area contributed by atoms with E-state index in [-0.39, 0.29) is 5.78 Å². The van der Waals surface area contributed by atoms with Crippen LogP contribution in [0.25, 0.3) is 11.8 Å². The van der Waals surface area contributed by atoms with Crippen molar-refractivity contribution in [3.05, 3.63) is 88.8 Å². The summed E-state index contributed by atoms with van der Waals surface area (Å²) in [7, 11) is 0. The van der Waals surface area contributed by atoms with Crippen molar-refractivity contribution in [2.75, 3.05) is 0 Å². The largest absolute Gasteiger partial charge is 0.289 e. The lowest BCUT2D eigenvalue weighted by Gasteiger charge is -2.03. The molecule has 0 saturated heterocycles. The third kappa shape index (κ3) is 3.20. The van der Waals surface area contributed by atoms with Crippen LogP contribution in [0.2, 0.25) is 0 Å². The summed E-state index contributed by atoms with van der Waals surface area (Å²) in [6.07, 6.45) is 3.49. The van der Waals surface area contributed by atoms with Crippen molar-refractivity contribution in [3.8, 4) is 5.69 Å². The van der Waals surface area contributed by atoms with E-state index < -0.39 is 0 Å². The molecule has 0 bridgehead atoms. The first kappa shape index (κ1) is 15.9. The minimum atomic E-state index is 0.00459. The highest BCUT2D eigenvalue weighted by Crippen LogP contribution is 2.19. The van der Waals surface area contributed by atoms with Crippen molar-refractivity contribution in [2.24, 2.45) is 0 Å². The predicted molar refractivity (Wildman–Crippen MR) is 97.6 cm³/mol. The van der Waals surface area contributed by atoms with Crippen LogP contribution in [0.15, 0.2) is 60.7 Å². The quantitative estimate of drug-likeness (QED) is 0.517. The second-order valence-corrected chi connectivity index (χ2v) is 5.90. The third-order valence-corrected chi connectivity index (χ3v) is 4.05. The molecule has 0 fully saturated rings. The zero-order chi connectivity index (χ0) is 17.1. The van der Waals surface area contributed by atoms with Crippen molar-refractivity contribution in [1.82, 2.24) is 9.78 Å². The van der Waals surface area contributed by atoms with Gasteiger partial charge in [0.15, 0.2) is 5.78 Å². The van der Waals surface area contributed by atoms with Crippen molar-refractivity contribution in [2.45, 2.75) is 20.8 Å².